The first-order valence-corrected chi connectivity index (χ1v) is 8.74. The second-order valence-electron chi connectivity index (χ2n) is 6.01. The van der Waals surface area contributed by atoms with Crippen LogP contribution in [0.1, 0.15) is 33.5 Å². The zero-order valence-electron chi connectivity index (χ0n) is 13.7. The fraction of sp³-hybridized carbons (Fsp3) is 0.263. The van der Waals surface area contributed by atoms with Gasteiger partial charge in [-0.1, -0.05) is 35.3 Å². The predicted molar refractivity (Wildman–Crippen MR) is 98.6 cm³/mol. The number of aryl methyl sites for hydroxylation is 3. The number of ether oxygens (including phenoxy) is 1. The molecule has 25 heavy (non-hydrogen) atoms. The Hall–Kier alpha value is -2.04. The van der Waals surface area contributed by atoms with Crippen LogP contribution in [0.5, 0.6) is 0 Å². The van der Waals surface area contributed by atoms with Gasteiger partial charge in [0.2, 0.25) is 0 Å². The zero-order valence-corrected chi connectivity index (χ0v) is 15.2. The highest BCUT2D eigenvalue weighted by atomic mass is 35.5. The number of hydrogen-bond donors (Lipinski definition) is 1. The third-order valence-corrected chi connectivity index (χ3v) is 5.02. The highest BCUT2D eigenvalue weighted by Crippen LogP contribution is 2.32. The summed E-state index contributed by atoms with van der Waals surface area (Å²) in [5.41, 5.74) is 4.02. The summed E-state index contributed by atoms with van der Waals surface area (Å²) in [5, 5.41) is 3.28. The van der Waals surface area contributed by atoms with Crippen molar-refractivity contribution in [2.24, 2.45) is 0 Å². The third-order valence-electron chi connectivity index (χ3n) is 4.22. The van der Waals surface area contributed by atoms with E-state index in [0.29, 0.717) is 21.3 Å². The lowest BCUT2D eigenvalue weighted by molar-refractivity contribution is -0.119. The molecule has 0 unspecified atom stereocenters. The number of carbonyl (C=O) groups is 2. The molecule has 0 fully saturated rings. The molecule has 0 saturated heterocycles. The van der Waals surface area contributed by atoms with E-state index in [1.807, 2.05) is 19.1 Å². The summed E-state index contributed by atoms with van der Waals surface area (Å²) in [6.45, 7) is 1.40. The summed E-state index contributed by atoms with van der Waals surface area (Å²) in [7, 11) is 0. The zero-order chi connectivity index (χ0) is 18.0. The minimum Gasteiger partial charge on any atom is -0.452 e. The van der Waals surface area contributed by atoms with Crippen molar-refractivity contribution in [3.8, 4) is 0 Å². The molecule has 0 aliphatic heterocycles. The Bertz CT molecular complexity index is 849. The molecule has 3 rings (SSSR count). The first-order chi connectivity index (χ1) is 12.0. The molecule has 1 N–H and O–H groups in total. The van der Waals surface area contributed by atoms with Gasteiger partial charge in [0.15, 0.2) is 6.61 Å². The average Bonchev–Trinajstić information content (AvgIpc) is 3.07. The van der Waals surface area contributed by atoms with E-state index in [9.17, 15) is 9.59 Å². The van der Waals surface area contributed by atoms with Crippen LogP contribution in [-0.2, 0) is 22.4 Å². The van der Waals surface area contributed by atoms with E-state index in [4.69, 9.17) is 27.9 Å². The molecule has 2 aromatic rings. The van der Waals surface area contributed by atoms with Crippen LogP contribution in [0.15, 0.2) is 30.3 Å². The molecule has 0 heterocycles. The van der Waals surface area contributed by atoms with Crippen molar-refractivity contribution in [1.82, 2.24) is 0 Å². The Morgan fingerprint density at radius 3 is 2.68 bits per heavy atom. The Kier molecular flexibility index (Phi) is 5.30. The monoisotopic (exact) mass is 377 g/mol. The molecule has 1 aliphatic carbocycles. The number of hydrogen-bond acceptors (Lipinski definition) is 3. The number of rotatable bonds is 4. The standard InChI is InChI=1S/C19H17Cl2NO3/c1-11-5-8-15(20)18(17(11)21)22-16(23)10-25-19(24)14-7-6-12-3-2-4-13(12)9-14/h5-9H,2-4,10H2,1H3,(H,22,23). The maximum atomic E-state index is 12.1. The number of fused-ring (bicyclic) bond motifs is 1. The van der Waals surface area contributed by atoms with Gasteiger partial charge in [0.05, 0.1) is 21.3 Å². The molecule has 0 bridgehead atoms. The molecule has 130 valence electrons. The van der Waals surface area contributed by atoms with Crippen molar-refractivity contribution < 1.29 is 14.3 Å². The van der Waals surface area contributed by atoms with Crippen LogP contribution in [0.3, 0.4) is 0 Å². The molecule has 1 aliphatic rings. The van der Waals surface area contributed by atoms with Crippen molar-refractivity contribution in [2.45, 2.75) is 26.2 Å². The molecule has 0 spiro atoms. The molecule has 4 nitrogen and oxygen atoms in total. The van der Waals surface area contributed by atoms with Crippen molar-refractivity contribution in [2.75, 3.05) is 11.9 Å². The Labute approximate surface area is 156 Å². The Morgan fingerprint density at radius 1 is 1.12 bits per heavy atom. The Balaban J connectivity index is 1.61. The van der Waals surface area contributed by atoms with Crippen LogP contribution < -0.4 is 5.32 Å². The van der Waals surface area contributed by atoms with E-state index in [2.05, 4.69) is 5.32 Å². The van der Waals surface area contributed by atoms with E-state index < -0.39 is 18.5 Å². The second-order valence-corrected chi connectivity index (χ2v) is 6.80. The van der Waals surface area contributed by atoms with E-state index in [0.717, 1.165) is 24.8 Å². The van der Waals surface area contributed by atoms with Gasteiger partial charge in [0.25, 0.3) is 5.91 Å². The minimum atomic E-state index is -0.522. The fourth-order valence-corrected chi connectivity index (χ4v) is 3.33. The molecule has 0 saturated carbocycles. The van der Waals surface area contributed by atoms with Crippen LogP contribution in [0.25, 0.3) is 0 Å². The van der Waals surface area contributed by atoms with Gasteiger partial charge < -0.3 is 10.1 Å². The summed E-state index contributed by atoms with van der Waals surface area (Å²) >= 11 is 12.2. The number of nitrogens with one attached hydrogen (secondary N) is 1. The summed E-state index contributed by atoms with van der Waals surface area (Å²) < 4.78 is 5.09. The molecular weight excluding hydrogens is 361 g/mol. The van der Waals surface area contributed by atoms with E-state index in [-0.39, 0.29) is 0 Å². The molecular formula is C19H17Cl2NO3. The van der Waals surface area contributed by atoms with Gasteiger partial charge in [0, 0.05) is 0 Å². The molecule has 0 radical (unpaired) electrons. The summed E-state index contributed by atoms with van der Waals surface area (Å²) in [6, 6.07) is 8.93. The molecule has 2 aromatic carbocycles. The van der Waals surface area contributed by atoms with Gasteiger partial charge in [-0.15, -0.1) is 0 Å². The maximum absolute atomic E-state index is 12.1. The van der Waals surface area contributed by atoms with E-state index >= 15 is 0 Å². The van der Waals surface area contributed by atoms with E-state index in [1.54, 1.807) is 18.2 Å². The van der Waals surface area contributed by atoms with Crippen molar-refractivity contribution in [3.05, 3.63) is 62.6 Å². The van der Waals surface area contributed by atoms with Gasteiger partial charge in [-0.2, -0.15) is 0 Å². The predicted octanol–water partition coefficient (Wildman–Crippen LogP) is 4.59. The number of amides is 1. The average molecular weight is 378 g/mol. The quantitative estimate of drug-likeness (QED) is 0.792. The number of carbonyl (C=O) groups excluding carboxylic acids is 2. The maximum Gasteiger partial charge on any atom is 0.338 e. The largest absolute Gasteiger partial charge is 0.452 e. The van der Waals surface area contributed by atoms with Crippen LogP contribution >= 0.6 is 23.2 Å². The first-order valence-electron chi connectivity index (χ1n) is 7.99. The number of benzene rings is 2. The lowest BCUT2D eigenvalue weighted by Crippen LogP contribution is -2.21. The first kappa shape index (κ1) is 17.8. The van der Waals surface area contributed by atoms with Gasteiger partial charge in [-0.25, -0.2) is 4.79 Å². The van der Waals surface area contributed by atoms with Crippen LogP contribution in [0, 0.1) is 6.92 Å². The fourth-order valence-electron chi connectivity index (χ4n) is 2.86. The topological polar surface area (TPSA) is 55.4 Å². The normalized spacial score (nSPS) is 12.6. The van der Waals surface area contributed by atoms with Crippen molar-refractivity contribution in [1.29, 1.82) is 0 Å². The third kappa shape index (κ3) is 3.97. The van der Waals surface area contributed by atoms with Crippen LogP contribution in [-0.4, -0.2) is 18.5 Å². The summed E-state index contributed by atoms with van der Waals surface area (Å²) in [5.74, 6) is -1.02. The summed E-state index contributed by atoms with van der Waals surface area (Å²) in [4.78, 5) is 24.2. The Morgan fingerprint density at radius 2 is 1.88 bits per heavy atom. The van der Waals surface area contributed by atoms with Crippen LogP contribution in [0.2, 0.25) is 10.0 Å². The lowest BCUT2D eigenvalue weighted by atomic mass is 10.1. The smallest absolute Gasteiger partial charge is 0.338 e. The lowest BCUT2D eigenvalue weighted by Gasteiger charge is -2.11. The van der Waals surface area contributed by atoms with Gasteiger partial charge in [-0.05, 0) is 61.1 Å². The highest BCUT2D eigenvalue weighted by Gasteiger charge is 2.17. The molecule has 0 atom stereocenters. The van der Waals surface area contributed by atoms with Crippen molar-refractivity contribution >= 4 is 40.8 Å². The van der Waals surface area contributed by atoms with Gasteiger partial charge in [-0.3, -0.25) is 4.79 Å². The minimum absolute atomic E-state index is 0.321. The van der Waals surface area contributed by atoms with Gasteiger partial charge >= 0.3 is 5.97 Å². The van der Waals surface area contributed by atoms with Crippen molar-refractivity contribution in [3.63, 3.8) is 0 Å². The molecule has 6 heteroatoms. The number of halogens is 2. The SMILES string of the molecule is Cc1ccc(Cl)c(NC(=O)COC(=O)c2ccc3c(c2)CCC3)c1Cl. The number of esters is 1. The van der Waals surface area contributed by atoms with Crippen LogP contribution in [0.4, 0.5) is 5.69 Å². The summed E-state index contributed by atoms with van der Waals surface area (Å²) in [6.07, 6.45) is 3.13. The van der Waals surface area contributed by atoms with E-state index in [1.165, 1.54) is 11.1 Å². The number of anilines is 1. The molecule has 1 amide bonds. The second kappa shape index (κ2) is 7.46. The molecule has 0 aromatic heterocycles. The van der Waals surface area contributed by atoms with Gasteiger partial charge in [0.1, 0.15) is 0 Å². The highest BCUT2D eigenvalue weighted by molar-refractivity contribution is 6.40.